The molecule has 2 heterocycles. The Kier molecular flexibility index (Phi) is 6.96. The molecular weight excluding hydrogens is 472 g/mol. The molecule has 0 spiro atoms. The number of carboxylic acids is 1. The summed E-state index contributed by atoms with van der Waals surface area (Å²) in [5, 5.41) is 30.3. The van der Waals surface area contributed by atoms with E-state index in [1.165, 1.54) is 5.01 Å². The molecule has 9 heteroatoms. The van der Waals surface area contributed by atoms with Crippen molar-refractivity contribution in [2.45, 2.75) is 31.5 Å². The summed E-state index contributed by atoms with van der Waals surface area (Å²) < 4.78 is 11.8. The number of aliphatic hydroxyl groups excluding tert-OH is 1. The first kappa shape index (κ1) is 24.2. The van der Waals surface area contributed by atoms with Crippen molar-refractivity contribution in [2.24, 2.45) is 10.3 Å². The van der Waals surface area contributed by atoms with Gasteiger partial charge in [-0.3, -0.25) is 0 Å². The fraction of sp³-hybridized carbons (Fsp3) is 0.214. The normalized spacial score (nSPS) is 17.6. The van der Waals surface area contributed by atoms with E-state index in [9.17, 15) is 15.0 Å². The van der Waals surface area contributed by atoms with Crippen molar-refractivity contribution in [1.82, 2.24) is 4.98 Å². The van der Waals surface area contributed by atoms with Gasteiger partial charge in [0.25, 0.3) is 0 Å². The number of aromatic nitrogens is 1. The minimum Gasteiger partial charge on any atom is -0.493 e. The number of hydrogen-bond acceptors (Lipinski definition) is 8. The number of para-hydroxylation sites is 1. The summed E-state index contributed by atoms with van der Waals surface area (Å²) in [6.45, 7) is 2.23. The third-order valence-electron chi connectivity index (χ3n) is 6.20. The van der Waals surface area contributed by atoms with E-state index in [0.29, 0.717) is 35.9 Å². The van der Waals surface area contributed by atoms with Crippen molar-refractivity contribution in [3.63, 3.8) is 0 Å². The predicted octanol–water partition coefficient (Wildman–Crippen LogP) is 5.01. The van der Waals surface area contributed by atoms with Crippen LogP contribution < -0.4 is 9.75 Å². The number of ether oxygens (including phenoxy) is 1. The van der Waals surface area contributed by atoms with Gasteiger partial charge in [0.1, 0.15) is 23.7 Å². The van der Waals surface area contributed by atoms with Gasteiger partial charge in [0.15, 0.2) is 6.04 Å². The monoisotopic (exact) mass is 498 g/mol. The lowest BCUT2D eigenvalue weighted by molar-refractivity contribution is -0.139. The number of benzene rings is 3. The number of anilines is 1. The molecule has 1 aromatic heterocycles. The van der Waals surface area contributed by atoms with Crippen molar-refractivity contribution in [3.8, 4) is 17.2 Å². The van der Waals surface area contributed by atoms with E-state index >= 15 is 0 Å². The summed E-state index contributed by atoms with van der Waals surface area (Å²) in [4.78, 5) is 16.5. The van der Waals surface area contributed by atoms with Crippen LogP contribution in [0.2, 0.25) is 0 Å². The molecule has 3 atom stereocenters. The molecule has 4 aromatic rings. The van der Waals surface area contributed by atoms with E-state index in [2.05, 4.69) is 15.3 Å². The number of nitrogens with zero attached hydrogens (tertiary/aromatic N) is 4. The third kappa shape index (κ3) is 5.22. The van der Waals surface area contributed by atoms with Crippen LogP contribution in [0.4, 0.5) is 5.69 Å². The number of rotatable bonds is 9. The van der Waals surface area contributed by atoms with Crippen molar-refractivity contribution in [2.75, 3.05) is 11.6 Å². The summed E-state index contributed by atoms with van der Waals surface area (Å²) in [6.07, 6.45) is -0.635. The molecule has 0 bridgehead atoms. The number of aliphatic carboxylic acids is 1. The second-order valence-electron chi connectivity index (χ2n) is 8.66. The minimum absolute atomic E-state index is 0.350. The van der Waals surface area contributed by atoms with Crippen molar-refractivity contribution in [3.05, 3.63) is 102 Å². The molecule has 3 unspecified atom stereocenters. The first-order valence-electron chi connectivity index (χ1n) is 11.9. The van der Waals surface area contributed by atoms with Gasteiger partial charge >= 0.3 is 5.97 Å². The molecule has 9 nitrogen and oxygen atoms in total. The number of carbonyl (C=O) groups is 1. The maximum atomic E-state index is 11.9. The van der Waals surface area contributed by atoms with Gasteiger partial charge in [0.2, 0.25) is 5.89 Å². The average Bonchev–Trinajstić information content (AvgIpc) is 3.54. The Morgan fingerprint density at radius 2 is 1.78 bits per heavy atom. The van der Waals surface area contributed by atoms with Gasteiger partial charge in [-0.1, -0.05) is 53.8 Å². The number of aliphatic hydroxyl groups is 1. The Balaban J connectivity index is 1.28. The topological polar surface area (TPSA) is 121 Å². The van der Waals surface area contributed by atoms with Crippen LogP contribution in [0.5, 0.6) is 5.75 Å². The highest BCUT2D eigenvalue weighted by atomic mass is 16.5. The first-order valence-corrected chi connectivity index (χ1v) is 11.9. The lowest BCUT2D eigenvalue weighted by Crippen LogP contribution is -2.43. The molecule has 0 aliphatic carbocycles. The molecule has 2 N–H and O–H groups in total. The van der Waals surface area contributed by atoms with E-state index in [1.54, 1.807) is 36.4 Å². The Morgan fingerprint density at radius 1 is 1.05 bits per heavy atom. The maximum Gasteiger partial charge on any atom is 0.332 e. The van der Waals surface area contributed by atoms with Crippen LogP contribution in [0.3, 0.4) is 0 Å². The van der Waals surface area contributed by atoms with Gasteiger partial charge < -0.3 is 19.4 Å². The van der Waals surface area contributed by atoms with E-state index in [-0.39, 0.29) is 0 Å². The Labute approximate surface area is 213 Å². The molecule has 1 aliphatic heterocycles. The molecule has 3 aromatic carbocycles. The highest BCUT2D eigenvalue weighted by molar-refractivity contribution is 5.76. The molecule has 0 radical (unpaired) electrons. The highest BCUT2D eigenvalue weighted by Crippen LogP contribution is 2.35. The second-order valence-corrected chi connectivity index (χ2v) is 8.66. The van der Waals surface area contributed by atoms with Crippen LogP contribution in [-0.2, 0) is 11.2 Å². The van der Waals surface area contributed by atoms with Crippen molar-refractivity contribution < 1.29 is 24.2 Å². The maximum absolute atomic E-state index is 11.9. The van der Waals surface area contributed by atoms with Crippen LogP contribution in [0.1, 0.15) is 23.1 Å². The first-order chi connectivity index (χ1) is 18.0. The third-order valence-corrected chi connectivity index (χ3v) is 6.20. The fourth-order valence-electron chi connectivity index (χ4n) is 4.29. The fourth-order valence-corrected chi connectivity index (χ4v) is 4.29. The van der Waals surface area contributed by atoms with Crippen LogP contribution in [0, 0.1) is 6.92 Å². The zero-order chi connectivity index (χ0) is 25.8. The lowest BCUT2D eigenvalue weighted by Gasteiger charge is -2.28. The number of hydrogen-bond donors (Lipinski definition) is 2. The summed E-state index contributed by atoms with van der Waals surface area (Å²) in [5.41, 5.74) is 2.87. The molecule has 1 aliphatic rings. The number of aryl methyl sites for hydroxylation is 1. The van der Waals surface area contributed by atoms with Gasteiger partial charge in [0, 0.05) is 12.0 Å². The Bertz CT molecular complexity index is 1390. The highest BCUT2D eigenvalue weighted by Gasteiger charge is 2.44. The van der Waals surface area contributed by atoms with Crippen LogP contribution in [0.15, 0.2) is 99.7 Å². The van der Waals surface area contributed by atoms with Crippen LogP contribution in [0.25, 0.3) is 11.5 Å². The van der Waals surface area contributed by atoms with Crippen molar-refractivity contribution >= 4 is 11.7 Å². The van der Waals surface area contributed by atoms with E-state index < -0.39 is 24.2 Å². The van der Waals surface area contributed by atoms with Gasteiger partial charge in [-0.05, 0) is 48.9 Å². The predicted molar refractivity (Wildman–Crippen MR) is 136 cm³/mol. The van der Waals surface area contributed by atoms with Crippen molar-refractivity contribution in [1.29, 1.82) is 0 Å². The molecular formula is C28H26N4O5. The molecule has 188 valence electrons. The van der Waals surface area contributed by atoms with Gasteiger partial charge in [-0.2, -0.15) is 5.11 Å². The number of carboxylic acid groups (broad SMARTS) is 1. The summed E-state index contributed by atoms with van der Waals surface area (Å²) in [7, 11) is 0. The van der Waals surface area contributed by atoms with Gasteiger partial charge in [0.05, 0.1) is 18.0 Å². The molecule has 37 heavy (non-hydrogen) atoms. The molecule has 0 saturated heterocycles. The van der Waals surface area contributed by atoms with Crippen LogP contribution >= 0.6 is 0 Å². The van der Waals surface area contributed by atoms with Gasteiger partial charge in [-0.25, -0.2) is 14.8 Å². The van der Waals surface area contributed by atoms with E-state index in [1.807, 2.05) is 55.5 Å². The largest absolute Gasteiger partial charge is 0.493 e. The second kappa shape index (κ2) is 10.6. The molecule has 0 amide bonds. The minimum atomic E-state index is -1.21. The van der Waals surface area contributed by atoms with Gasteiger partial charge in [-0.15, -0.1) is 0 Å². The Hall–Kier alpha value is -4.50. The number of oxazole rings is 1. The standard InChI is InChI=1S/C28H26N4O5/c1-18-23(29-27(37-18)19-9-4-2-5-10-19)15-16-36-22-14-8-11-20(17-22)26(33)25-24(28(34)35)30-31-32(25)21-12-6-3-7-13-21/h2-14,17,24-26,33H,15-16H2,1H3,(H,34,35). The Morgan fingerprint density at radius 3 is 2.51 bits per heavy atom. The smallest absolute Gasteiger partial charge is 0.332 e. The lowest BCUT2D eigenvalue weighted by atomic mass is 9.95. The quantitative estimate of drug-likeness (QED) is 0.333. The average molecular weight is 499 g/mol. The van der Waals surface area contributed by atoms with E-state index in [4.69, 9.17) is 9.15 Å². The molecule has 0 saturated carbocycles. The van der Waals surface area contributed by atoms with E-state index in [0.717, 1.165) is 17.0 Å². The zero-order valence-corrected chi connectivity index (χ0v) is 20.1. The molecule has 5 rings (SSSR count). The summed E-state index contributed by atoms with van der Waals surface area (Å²) >= 11 is 0. The summed E-state index contributed by atoms with van der Waals surface area (Å²) in [6, 6.07) is 23.6. The van der Waals surface area contributed by atoms with Crippen LogP contribution in [-0.4, -0.2) is 39.9 Å². The SMILES string of the molecule is Cc1oc(-c2ccccc2)nc1CCOc1cccc(C(O)C2C(C(=O)O)N=NN2c2ccccc2)c1. The summed E-state index contributed by atoms with van der Waals surface area (Å²) in [5.74, 6) is 0.699. The molecule has 0 fully saturated rings. The zero-order valence-electron chi connectivity index (χ0n) is 20.1.